The molecule has 0 aliphatic carbocycles. The Balaban J connectivity index is 1.36. The summed E-state index contributed by atoms with van der Waals surface area (Å²) >= 11 is 0. The van der Waals surface area contributed by atoms with E-state index in [9.17, 15) is 14.7 Å². The summed E-state index contributed by atoms with van der Waals surface area (Å²) in [6, 6.07) is 9.08. The number of methoxy groups -OCH3 is 2. The molecule has 5 rings (SSSR count). The van der Waals surface area contributed by atoms with E-state index in [1.807, 2.05) is 36.4 Å². The molecule has 1 aromatic carbocycles. The SMILES string of the molecule is C=CC[C@@H]1O[C@@H]([C@H](C=CC(O)CC[C@H]2CC(=C)[C@H](CC[C@H]3C[C@@H](C)C(=C)[C@@H](C[C@@H]4O[C@H](C[C@@H](CO[Si](C)(C)C(C)(C)C)O[Si](C)(C)C(C)(C)C)[C@H](OC)[C@H]4CC(=O)OC)O3)O2)O[Si](C)(C)C(C)(C)C)[C@@H](O[Si](C)(C)C(C)(C)C)[C@@H](O[Si](C)(C)C(C)(C)C)[C@H]1OC(=O)c1ccccc1. The van der Waals surface area contributed by atoms with Crippen LogP contribution < -0.4 is 0 Å². The maximum atomic E-state index is 14.3. The van der Waals surface area contributed by atoms with Gasteiger partial charge < -0.3 is 60.4 Å². The van der Waals surface area contributed by atoms with E-state index in [0.717, 1.165) is 30.4 Å². The zero-order valence-corrected chi connectivity index (χ0v) is 71.0. The van der Waals surface area contributed by atoms with Gasteiger partial charge in [-0.2, -0.15) is 0 Å². The summed E-state index contributed by atoms with van der Waals surface area (Å²) in [5.74, 6) is -0.855. The lowest BCUT2D eigenvalue weighted by Crippen LogP contribution is -2.68. The minimum atomic E-state index is -2.65. The molecule has 0 saturated carbocycles. The standard InChI is InChI=1S/C77H138O15Si5/c1-32-36-61-68(88-72(80)54-37-34-33-35-38-54)70(91-96(28,29)76(14,15)16)71(92-97(30,31)77(17,18)19)69(87-61)62(90-95(26,27)75(11,12)13)43-40-55(78)39-41-56-46-52(3)60(84-56)44-42-57-45-51(2)53(4)63(85-57)49-64-59(48-66(79)81-20)67(82-21)65(86-64)47-58(89-94(24,25)74(8,9)10)50-83-93(22,23)73(5,6)7/h32-35,37-38,40,43,51,55-65,67-71,78H,1,3-4,36,39,41-42,44-50H2,2,5-31H3/t51-,55?,56+,57+,58+,59+,60+,61+,62+,63-,64+,65-,67-,68+,69+,70+,71-/m1/s1. The molecule has 20 heteroatoms. The van der Waals surface area contributed by atoms with Crippen molar-refractivity contribution in [1.82, 2.24) is 0 Å². The average Bonchev–Trinajstić information content (AvgIpc) is 1.13. The third-order valence-electron chi connectivity index (χ3n) is 23.9. The second-order valence-electron chi connectivity index (χ2n) is 36.5. The second kappa shape index (κ2) is 33.7. The number of benzene rings is 1. The lowest BCUT2D eigenvalue weighted by atomic mass is 9.82. The predicted molar refractivity (Wildman–Crippen MR) is 407 cm³/mol. The summed E-state index contributed by atoms with van der Waals surface area (Å²) < 4.78 is 83.4. The second-order valence-corrected chi connectivity index (χ2v) is 60.3. The largest absolute Gasteiger partial charge is 0.469 e. The van der Waals surface area contributed by atoms with E-state index in [1.54, 1.807) is 19.2 Å². The highest BCUT2D eigenvalue weighted by atomic mass is 28.4. The Morgan fingerprint density at radius 2 is 1.18 bits per heavy atom. The molecule has 1 N–H and O–H groups in total. The molecule has 4 aliphatic heterocycles. The summed E-state index contributed by atoms with van der Waals surface area (Å²) in [6.45, 7) is 72.0. The number of carbonyl (C=O) groups excluding carboxylic acids is 2. The van der Waals surface area contributed by atoms with Crippen molar-refractivity contribution in [2.24, 2.45) is 11.8 Å². The van der Waals surface area contributed by atoms with Crippen LogP contribution in [0, 0.1) is 11.8 Å². The number of hydrogen-bond acceptors (Lipinski definition) is 15. The van der Waals surface area contributed by atoms with Gasteiger partial charge in [0.15, 0.2) is 47.7 Å². The monoisotopic (exact) mass is 1440 g/mol. The molecule has 4 fully saturated rings. The Labute approximate surface area is 595 Å². The molecule has 0 aromatic heterocycles. The molecule has 0 amide bonds. The number of aliphatic hydroxyl groups is 1. The van der Waals surface area contributed by atoms with Gasteiger partial charge in [0.1, 0.15) is 24.4 Å². The van der Waals surface area contributed by atoms with Crippen LogP contribution in [0.4, 0.5) is 0 Å². The summed E-state index contributed by atoms with van der Waals surface area (Å²) in [6.07, 6.45) is 4.17. The molecule has 0 spiro atoms. The topological polar surface area (TPSA) is 165 Å². The molecule has 15 nitrogen and oxygen atoms in total. The van der Waals surface area contributed by atoms with Crippen molar-refractivity contribution in [3.05, 3.63) is 85.0 Å². The van der Waals surface area contributed by atoms with Crippen molar-refractivity contribution >= 4 is 53.5 Å². The lowest BCUT2D eigenvalue weighted by molar-refractivity contribution is -0.227. The first kappa shape index (κ1) is 85.4. The molecule has 4 aliphatic rings. The molecule has 556 valence electrons. The summed E-state index contributed by atoms with van der Waals surface area (Å²) in [4.78, 5) is 27.5. The molecule has 1 unspecified atom stereocenters. The van der Waals surface area contributed by atoms with Crippen LogP contribution in [0.25, 0.3) is 0 Å². The number of hydrogen-bond donors (Lipinski definition) is 1. The molecule has 17 atom stereocenters. The van der Waals surface area contributed by atoms with Crippen LogP contribution in [0.5, 0.6) is 0 Å². The third-order valence-corrected chi connectivity index (χ3v) is 46.4. The van der Waals surface area contributed by atoms with Crippen molar-refractivity contribution in [1.29, 1.82) is 0 Å². The quantitative estimate of drug-likeness (QED) is 0.0424. The maximum Gasteiger partial charge on any atom is 0.338 e. The number of ether oxygens (including phenoxy) is 7. The van der Waals surface area contributed by atoms with E-state index < -0.39 is 90.3 Å². The van der Waals surface area contributed by atoms with Crippen LogP contribution in [0.2, 0.25) is 90.7 Å². The van der Waals surface area contributed by atoms with Gasteiger partial charge in [-0.05, 0) is 165 Å². The Morgan fingerprint density at radius 3 is 1.71 bits per heavy atom. The van der Waals surface area contributed by atoms with Gasteiger partial charge >= 0.3 is 11.9 Å². The molecule has 4 heterocycles. The van der Waals surface area contributed by atoms with Gasteiger partial charge in [-0.3, -0.25) is 4.79 Å². The summed E-state index contributed by atoms with van der Waals surface area (Å²) in [7, 11) is -9.10. The van der Waals surface area contributed by atoms with Crippen LogP contribution in [-0.2, 0) is 60.1 Å². The van der Waals surface area contributed by atoms with Gasteiger partial charge in [-0.1, -0.05) is 160 Å². The summed E-state index contributed by atoms with van der Waals surface area (Å²) in [5, 5.41) is 11.5. The molecule has 1 aromatic rings. The lowest BCUT2D eigenvalue weighted by Gasteiger charge is -2.54. The van der Waals surface area contributed by atoms with Gasteiger partial charge in [0, 0.05) is 25.9 Å². The number of aliphatic hydroxyl groups excluding tert-OH is 1. The maximum absolute atomic E-state index is 14.3. The molecular weight excluding hydrogens is 1310 g/mol. The average molecular weight is 1440 g/mol. The van der Waals surface area contributed by atoms with Crippen LogP contribution in [-0.4, -0.2) is 171 Å². The van der Waals surface area contributed by atoms with E-state index >= 15 is 0 Å². The highest BCUT2D eigenvalue weighted by Gasteiger charge is 2.58. The van der Waals surface area contributed by atoms with E-state index in [2.05, 4.69) is 196 Å². The molecule has 0 bridgehead atoms. The van der Waals surface area contributed by atoms with E-state index in [0.29, 0.717) is 50.7 Å². The number of rotatable bonds is 31. The highest BCUT2D eigenvalue weighted by molar-refractivity contribution is 6.76. The van der Waals surface area contributed by atoms with Crippen molar-refractivity contribution in [2.75, 3.05) is 20.8 Å². The fourth-order valence-corrected chi connectivity index (χ4v) is 18.5. The molecule has 0 radical (unpaired) electrons. The van der Waals surface area contributed by atoms with Gasteiger partial charge in [0.05, 0.1) is 86.7 Å². The zero-order valence-electron chi connectivity index (χ0n) is 66.0. The van der Waals surface area contributed by atoms with Crippen LogP contribution in [0.3, 0.4) is 0 Å². The smallest absolute Gasteiger partial charge is 0.338 e. The Kier molecular flexibility index (Phi) is 29.7. The highest BCUT2D eigenvalue weighted by Crippen LogP contribution is 2.49. The Bertz CT molecular complexity index is 2750. The normalized spacial score (nSPS) is 28.8. The van der Waals surface area contributed by atoms with E-state index in [1.165, 1.54) is 7.11 Å². The third kappa shape index (κ3) is 22.6. The Morgan fingerprint density at radius 1 is 0.629 bits per heavy atom. The van der Waals surface area contributed by atoms with Gasteiger partial charge in [-0.25, -0.2) is 4.79 Å². The number of carbonyl (C=O) groups is 2. The van der Waals surface area contributed by atoms with Crippen LogP contribution in [0.15, 0.2) is 79.4 Å². The van der Waals surface area contributed by atoms with Crippen molar-refractivity contribution < 1.29 is 70.0 Å². The van der Waals surface area contributed by atoms with Crippen LogP contribution in [0.1, 0.15) is 185 Å². The van der Waals surface area contributed by atoms with E-state index in [-0.39, 0.29) is 98.2 Å². The number of esters is 2. The van der Waals surface area contributed by atoms with Crippen molar-refractivity contribution in [3.8, 4) is 0 Å². The van der Waals surface area contributed by atoms with Gasteiger partial charge in [0.25, 0.3) is 0 Å². The fourth-order valence-electron chi connectivity index (χ4n) is 12.3. The Hall–Kier alpha value is -2.24. The van der Waals surface area contributed by atoms with Gasteiger partial charge in [0.2, 0.25) is 0 Å². The molecular formula is C77H138O15Si5. The first-order valence-electron chi connectivity index (χ1n) is 36.5. The summed E-state index contributed by atoms with van der Waals surface area (Å²) in [5.41, 5.74) is 2.51. The van der Waals surface area contributed by atoms with Crippen molar-refractivity contribution in [3.63, 3.8) is 0 Å². The first-order chi connectivity index (χ1) is 44.3. The predicted octanol–water partition coefficient (Wildman–Crippen LogP) is 18.4. The zero-order chi connectivity index (χ0) is 73.6. The van der Waals surface area contributed by atoms with Gasteiger partial charge in [-0.15, -0.1) is 6.58 Å². The molecule has 97 heavy (non-hydrogen) atoms. The minimum Gasteiger partial charge on any atom is -0.469 e. The minimum absolute atomic E-state index is 0.0189. The fraction of sp³-hybridized carbons (Fsp3) is 0.792. The first-order valence-corrected chi connectivity index (χ1v) is 51.0. The van der Waals surface area contributed by atoms with Crippen molar-refractivity contribution in [2.45, 2.75) is 357 Å². The van der Waals surface area contributed by atoms with Crippen LogP contribution >= 0.6 is 0 Å². The van der Waals surface area contributed by atoms with E-state index in [4.69, 9.17) is 55.3 Å². The molecule has 4 saturated heterocycles.